The van der Waals surface area contributed by atoms with Gasteiger partial charge in [-0.15, -0.1) is 0 Å². The van der Waals surface area contributed by atoms with Crippen molar-refractivity contribution in [1.29, 1.82) is 0 Å². The predicted octanol–water partition coefficient (Wildman–Crippen LogP) is 0.609. The fourth-order valence-corrected chi connectivity index (χ4v) is 5.68. The molecule has 30 heavy (non-hydrogen) atoms. The molecule has 0 unspecified atom stereocenters. The molecular formula is C20H30N4O5S. The number of carbonyl (C=O) groups is 1. The average molecular weight is 439 g/mol. The van der Waals surface area contributed by atoms with Crippen LogP contribution < -0.4 is 5.56 Å². The number of methoxy groups -OCH3 is 1. The molecule has 3 heterocycles. The van der Waals surface area contributed by atoms with E-state index in [1.165, 1.54) is 10.6 Å². The van der Waals surface area contributed by atoms with Crippen molar-refractivity contribution in [3.8, 4) is 0 Å². The van der Waals surface area contributed by atoms with Crippen molar-refractivity contribution in [2.45, 2.75) is 57.1 Å². The molecule has 1 saturated carbocycles. The number of sulfonamides is 1. The maximum atomic E-state index is 12.9. The van der Waals surface area contributed by atoms with Crippen LogP contribution in [0.1, 0.15) is 55.1 Å². The van der Waals surface area contributed by atoms with E-state index in [1.807, 2.05) is 4.90 Å². The minimum Gasteiger partial charge on any atom is -0.381 e. The van der Waals surface area contributed by atoms with Gasteiger partial charge in [0.15, 0.2) is 0 Å². The molecule has 9 nitrogen and oxygen atoms in total. The third kappa shape index (κ3) is 4.31. The first kappa shape index (κ1) is 21.5. The second-order valence-corrected chi connectivity index (χ2v) is 10.7. The molecule has 2 fully saturated rings. The van der Waals surface area contributed by atoms with Gasteiger partial charge in [0.05, 0.1) is 24.6 Å². The van der Waals surface area contributed by atoms with Gasteiger partial charge in [-0.1, -0.05) is 0 Å². The van der Waals surface area contributed by atoms with E-state index >= 15 is 0 Å². The number of hydrogen-bond donors (Lipinski definition) is 1. The van der Waals surface area contributed by atoms with Gasteiger partial charge in [-0.05, 0) is 38.5 Å². The second kappa shape index (κ2) is 8.39. The van der Waals surface area contributed by atoms with Gasteiger partial charge in [-0.25, -0.2) is 13.4 Å². The molecule has 1 amide bonds. The number of nitrogens with zero attached hydrogens (tertiary/aromatic N) is 3. The van der Waals surface area contributed by atoms with E-state index in [0.717, 1.165) is 32.1 Å². The van der Waals surface area contributed by atoms with Crippen molar-refractivity contribution < 1.29 is 17.9 Å². The minimum absolute atomic E-state index is 0.0316. The maximum Gasteiger partial charge on any atom is 0.254 e. The van der Waals surface area contributed by atoms with Crippen LogP contribution in [0.25, 0.3) is 0 Å². The second-order valence-electron chi connectivity index (χ2n) is 8.70. The number of ether oxygens (including phenoxy) is 1. The Labute approximate surface area is 176 Å². The van der Waals surface area contributed by atoms with Gasteiger partial charge in [-0.3, -0.25) is 9.59 Å². The number of aromatic nitrogens is 2. The number of hydrogen-bond acceptors (Lipinski definition) is 6. The van der Waals surface area contributed by atoms with E-state index in [4.69, 9.17) is 4.74 Å². The van der Waals surface area contributed by atoms with E-state index < -0.39 is 10.0 Å². The molecule has 0 radical (unpaired) electrons. The summed E-state index contributed by atoms with van der Waals surface area (Å²) in [4.78, 5) is 34.9. The summed E-state index contributed by atoms with van der Waals surface area (Å²) in [5.74, 6) is 0.771. The van der Waals surface area contributed by atoms with Gasteiger partial charge in [0.25, 0.3) is 5.56 Å². The Kier molecular flexibility index (Phi) is 6.00. The van der Waals surface area contributed by atoms with Crippen molar-refractivity contribution in [3.05, 3.63) is 27.4 Å². The summed E-state index contributed by atoms with van der Waals surface area (Å²) in [6, 6.07) is 0. The summed E-state index contributed by atoms with van der Waals surface area (Å²) in [5.41, 5.74) is 0.915. The summed E-state index contributed by atoms with van der Waals surface area (Å²) in [7, 11) is -1.61. The number of fused-ring (bicyclic) bond motifs is 1. The van der Waals surface area contributed by atoms with Crippen LogP contribution in [-0.4, -0.2) is 72.6 Å². The summed E-state index contributed by atoms with van der Waals surface area (Å²) in [6.07, 6.45) is 6.09. The zero-order valence-electron chi connectivity index (χ0n) is 17.6. The summed E-state index contributed by atoms with van der Waals surface area (Å²) in [6.45, 7) is 1.63. The molecule has 1 N–H and O–H groups in total. The molecule has 3 aliphatic rings. The molecule has 10 heteroatoms. The molecule has 166 valence electrons. The van der Waals surface area contributed by atoms with E-state index in [-0.39, 0.29) is 36.0 Å². The smallest absolute Gasteiger partial charge is 0.254 e. The Morgan fingerprint density at radius 2 is 1.90 bits per heavy atom. The molecule has 2 aliphatic heterocycles. The third-order valence-electron chi connectivity index (χ3n) is 6.77. The Hall–Kier alpha value is -1.78. The topological polar surface area (TPSA) is 113 Å². The van der Waals surface area contributed by atoms with Gasteiger partial charge >= 0.3 is 0 Å². The first-order chi connectivity index (χ1) is 14.3. The predicted molar refractivity (Wildman–Crippen MR) is 111 cm³/mol. The lowest BCUT2D eigenvalue weighted by Gasteiger charge is -2.30. The standard InChI is InChI=1S/C20H30N4O5S/c1-29-15-5-3-13(4-6-15)20(26)23-9-7-14(11-23)18-21-17-12-24(30(2,27)28)10-8-16(17)19(25)22-18/h13-15H,3-12H2,1-2H3,(H,21,22,25)/t13?,14-,15?/m0/s1. The van der Waals surface area contributed by atoms with Crippen LogP contribution in [0.15, 0.2) is 4.79 Å². The largest absolute Gasteiger partial charge is 0.381 e. The summed E-state index contributed by atoms with van der Waals surface area (Å²) >= 11 is 0. The zero-order chi connectivity index (χ0) is 21.5. The molecule has 1 atom stereocenters. The summed E-state index contributed by atoms with van der Waals surface area (Å²) in [5, 5.41) is 0. The van der Waals surface area contributed by atoms with Crippen molar-refractivity contribution in [2.24, 2.45) is 5.92 Å². The van der Waals surface area contributed by atoms with Crippen LogP contribution in [0.4, 0.5) is 0 Å². The fourth-order valence-electron chi connectivity index (χ4n) is 4.90. The van der Waals surface area contributed by atoms with E-state index in [0.29, 0.717) is 43.1 Å². The van der Waals surface area contributed by atoms with E-state index in [2.05, 4.69) is 9.97 Å². The highest BCUT2D eigenvalue weighted by Gasteiger charge is 2.35. The molecule has 1 aliphatic carbocycles. The number of aromatic amines is 1. The van der Waals surface area contributed by atoms with Gasteiger partial charge in [0.2, 0.25) is 15.9 Å². The molecular weight excluding hydrogens is 408 g/mol. The van der Waals surface area contributed by atoms with Crippen molar-refractivity contribution in [3.63, 3.8) is 0 Å². The molecule has 4 rings (SSSR count). The minimum atomic E-state index is -3.33. The maximum absolute atomic E-state index is 12.9. The van der Waals surface area contributed by atoms with Crippen LogP contribution in [0.5, 0.6) is 0 Å². The number of H-pyrrole nitrogens is 1. The highest BCUT2D eigenvalue weighted by molar-refractivity contribution is 7.88. The summed E-state index contributed by atoms with van der Waals surface area (Å²) < 4.78 is 30.5. The zero-order valence-corrected chi connectivity index (χ0v) is 18.4. The molecule has 1 aromatic rings. The van der Waals surface area contributed by atoms with Crippen LogP contribution >= 0.6 is 0 Å². The third-order valence-corrected chi connectivity index (χ3v) is 8.02. The monoisotopic (exact) mass is 438 g/mol. The van der Waals surface area contributed by atoms with Crippen LogP contribution in [-0.2, 0) is 32.5 Å². The Morgan fingerprint density at radius 1 is 1.17 bits per heavy atom. The van der Waals surface area contributed by atoms with Gasteiger partial charge < -0.3 is 14.6 Å². The first-order valence-corrected chi connectivity index (χ1v) is 12.5. The van der Waals surface area contributed by atoms with Crippen LogP contribution in [0, 0.1) is 5.92 Å². The quantitative estimate of drug-likeness (QED) is 0.737. The molecule has 1 aromatic heterocycles. The van der Waals surface area contributed by atoms with Crippen molar-refractivity contribution in [1.82, 2.24) is 19.2 Å². The van der Waals surface area contributed by atoms with Crippen LogP contribution in [0.3, 0.4) is 0 Å². The number of carbonyl (C=O) groups excluding carboxylic acids is 1. The van der Waals surface area contributed by atoms with Gasteiger partial charge in [0.1, 0.15) is 5.82 Å². The highest BCUT2D eigenvalue weighted by Crippen LogP contribution is 2.31. The van der Waals surface area contributed by atoms with E-state index in [1.54, 1.807) is 7.11 Å². The van der Waals surface area contributed by atoms with E-state index in [9.17, 15) is 18.0 Å². The highest BCUT2D eigenvalue weighted by atomic mass is 32.2. The lowest BCUT2D eigenvalue weighted by atomic mass is 9.86. The molecule has 0 spiro atoms. The molecule has 0 bridgehead atoms. The van der Waals surface area contributed by atoms with Gasteiger partial charge in [-0.2, -0.15) is 4.31 Å². The lowest BCUT2D eigenvalue weighted by molar-refractivity contribution is -0.136. The number of likely N-dealkylation sites (tertiary alicyclic amines) is 1. The Morgan fingerprint density at radius 3 is 2.57 bits per heavy atom. The van der Waals surface area contributed by atoms with Crippen molar-refractivity contribution in [2.75, 3.05) is 33.0 Å². The average Bonchev–Trinajstić information content (AvgIpc) is 3.22. The molecule has 1 saturated heterocycles. The normalized spacial score (nSPS) is 27.8. The number of nitrogens with one attached hydrogen (secondary N) is 1. The fraction of sp³-hybridized carbons (Fsp3) is 0.750. The van der Waals surface area contributed by atoms with Crippen LogP contribution in [0.2, 0.25) is 0 Å². The Bertz CT molecular complexity index is 968. The Balaban J connectivity index is 1.45. The molecule has 0 aromatic carbocycles. The van der Waals surface area contributed by atoms with Crippen molar-refractivity contribution >= 4 is 15.9 Å². The SMILES string of the molecule is COC1CCC(C(=O)N2CC[C@H](c3nc4c(c(=O)[nH]3)CCN(S(C)(=O)=O)C4)C2)CC1. The van der Waals surface area contributed by atoms with Gasteiger partial charge in [0, 0.05) is 44.1 Å². The number of amides is 1. The first-order valence-electron chi connectivity index (χ1n) is 10.6. The lowest BCUT2D eigenvalue weighted by Crippen LogP contribution is -2.39. The number of rotatable bonds is 4.